The highest BCUT2D eigenvalue weighted by Crippen LogP contribution is 2.25. The molecule has 0 radical (unpaired) electrons. The van der Waals surface area contributed by atoms with E-state index in [0.717, 1.165) is 22.6 Å². The fraction of sp³-hybridized carbons (Fsp3) is 0.0476. The van der Waals surface area contributed by atoms with Crippen molar-refractivity contribution < 1.29 is 13.8 Å². The molecule has 0 unspecified atom stereocenters. The zero-order valence-corrected chi connectivity index (χ0v) is 13.8. The van der Waals surface area contributed by atoms with Gasteiger partial charge in [-0.2, -0.15) is 0 Å². The summed E-state index contributed by atoms with van der Waals surface area (Å²) < 4.78 is 13.2. The molecule has 0 saturated heterocycles. The molecule has 0 amide bonds. The van der Waals surface area contributed by atoms with Gasteiger partial charge in [0.05, 0.1) is 12.7 Å². The number of benzene rings is 3. The van der Waals surface area contributed by atoms with Crippen LogP contribution in [0.25, 0.3) is 28.6 Å². The Balaban J connectivity index is 1.87. The van der Waals surface area contributed by atoms with Gasteiger partial charge in [0.1, 0.15) is 5.75 Å². The van der Waals surface area contributed by atoms with Crippen molar-refractivity contribution in [2.45, 2.75) is 0 Å². The topological polar surface area (TPSA) is 39.1 Å². The van der Waals surface area contributed by atoms with E-state index in [9.17, 15) is 0 Å². The molecule has 1 aromatic heterocycles. The Hall–Kier alpha value is -3.40. The number of methoxy groups -OCH3 is 1. The first-order chi connectivity index (χ1) is 12.3. The van der Waals surface area contributed by atoms with E-state index in [1.165, 1.54) is 0 Å². The summed E-state index contributed by atoms with van der Waals surface area (Å²) in [6.07, 6.45) is 0. The standard InChI is InChI=1S/C21H17N2O2/c1-24-19-14-12-17(13-15-19)21-23(18-10-6-3-7-11-18)22-20(25-21)16-8-4-2-5-9-16/h2-15H,1H3/q+1. The molecule has 0 spiro atoms. The van der Waals surface area contributed by atoms with Crippen LogP contribution in [0.2, 0.25) is 0 Å². The highest BCUT2D eigenvalue weighted by Gasteiger charge is 2.26. The van der Waals surface area contributed by atoms with Gasteiger partial charge >= 0.3 is 5.89 Å². The minimum absolute atomic E-state index is 0.579. The average molecular weight is 329 g/mol. The summed E-state index contributed by atoms with van der Waals surface area (Å²) in [4.78, 5) is 0. The highest BCUT2D eigenvalue weighted by molar-refractivity contribution is 5.57. The molecule has 0 N–H and O–H groups in total. The van der Waals surface area contributed by atoms with Gasteiger partial charge < -0.3 is 9.15 Å². The van der Waals surface area contributed by atoms with Gasteiger partial charge in [0.25, 0.3) is 5.89 Å². The van der Waals surface area contributed by atoms with Crippen molar-refractivity contribution in [3.8, 4) is 34.3 Å². The lowest BCUT2D eigenvalue weighted by Crippen LogP contribution is -2.34. The molecule has 4 heteroatoms. The van der Waals surface area contributed by atoms with E-state index >= 15 is 0 Å². The summed E-state index contributed by atoms with van der Waals surface area (Å²) in [5, 5.41) is 4.69. The predicted molar refractivity (Wildman–Crippen MR) is 95.5 cm³/mol. The Bertz CT molecular complexity index is 962. The molecule has 1 heterocycles. The zero-order valence-electron chi connectivity index (χ0n) is 13.8. The lowest BCUT2D eigenvalue weighted by Gasteiger charge is -1.98. The molecule has 0 fully saturated rings. The van der Waals surface area contributed by atoms with Crippen LogP contribution in [-0.4, -0.2) is 12.2 Å². The molecule has 3 aromatic carbocycles. The molecule has 122 valence electrons. The van der Waals surface area contributed by atoms with Gasteiger partial charge in [-0.05, 0) is 41.1 Å². The predicted octanol–water partition coefficient (Wildman–Crippen LogP) is 4.29. The van der Waals surface area contributed by atoms with Crippen molar-refractivity contribution in [2.75, 3.05) is 7.11 Å². The van der Waals surface area contributed by atoms with Gasteiger partial charge in [-0.15, -0.1) is 0 Å². The minimum atomic E-state index is 0.579. The first kappa shape index (κ1) is 15.1. The lowest BCUT2D eigenvalue weighted by molar-refractivity contribution is -0.648. The van der Waals surface area contributed by atoms with Crippen LogP contribution in [0.4, 0.5) is 0 Å². The second kappa shape index (κ2) is 6.61. The first-order valence-corrected chi connectivity index (χ1v) is 8.03. The highest BCUT2D eigenvalue weighted by atomic mass is 16.5. The molecular formula is C21H17N2O2+. The normalized spacial score (nSPS) is 10.6. The van der Waals surface area contributed by atoms with Crippen molar-refractivity contribution in [3.05, 3.63) is 84.9 Å². The van der Waals surface area contributed by atoms with E-state index in [0.29, 0.717) is 11.8 Å². The van der Waals surface area contributed by atoms with E-state index < -0.39 is 0 Å². The molecule has 0 saturated carbocycles. The second-order valence-corrected chi connectivity index (χ2v) is 5.55. The maximum Gasteiger partial charge on any atom is 0.414 e. The maximum absolute atomic E-state index is 6.13. The monoisotopic (exact) mass is 329 g/mol. The number of para-hydroxylation sites is 1. The van der Waals surface area contributed by atoms with Gasteiger partial charge in [0, 0.05) is 22.8 Å². The van der Waals surface area contributed by atoms with E-state index in [2.05, 4.69) is 5.10 Å². The first-order valence-electron chi connectivity index (χ1n) is 8.03. The van der Waals surface area contributed by atoms with Crippen LogP contribution >= 0.6 is 0 Å². The summed E-state index contributed by atoms with van der Waals surface area (Å²) in [6.45, 7) is 0. The van der Waals surface area contributed by atoms with Gasteiger partial charge in [-0.3, -0.25) is 0 Å². The molecular weight excluding hydrogens is 312 g/mol. The molecule has 0 atom stereocenters. The molecule has 0 aliphatic carbocycles. The largest absolute Gasteiger partial charge is 0.497 e. The van der Waals surface area contributed by atoms with Crippen molar-refractivity contribution in [1.82, 2.24) is 5.10 Å². The third-order valence-electron chi connectivity index (χ3n) is 3.94. The number of nitrogens with zero attached hydrogens (tertiary/aromatic N) is 2. The summed E-state index contributed by atoms with van der Waals surface area (Å²) in [6, 6.07) is 27.6. The molecule has 25 heavy (non-hydrogen) atoms. The summed E-state index contributed by atoms with van der Waals surface area (Å²) in [5.74, 6) is 2.06. The lowest BCUT2D eigenvalue weighted by atomic mass is 10.2. The van der Waals surface area contributed by atoms with Crippen molar-refractivity contribution >= 4 is 0 Å². The number of ether oxygens (including phenoxy) is 1. The van der Waals surface area contributed by atoms with E-state index in [1.807, 2.05) is 89.6 Å². The molecule has 4 rings (SSSR count). The molecule has 0 bridgehead atoms. The summed E-state index contributed by atoms with van der Waals surface area (Å²) in [7, 11) is 1.65. The summed E-state index contributed by atoms with van der Waals surface area (Å²) >= 11 is 0. The second-order valence-electron chi connectivity index (χ2n) is 5.55. The average Bonchev–Trinajstić information content (AvgIpc) is 3.15. The molecule has 4 nitrogen and oxygen atoms in total. The third kappa shape index (κ3) is 3.02. The van der Waals surface area contributed by atoms with Crippen LogP contribution < -0.4 is 9.42 Å². The van der Waals surface area contributed by atoms with Crippen LogP contribution in [0.1, 0.15) is 0 Å². The molecule has 0 aliphatic rings. The molecule has 0 aliphatic heterocycles. The minimum Gasteiger partial charge on any atom is -0.497 e. The van der Waals surface area contributed by atoms with Gasteiger partial charge in [0.2, 0.25) is 5.69 Å². The maximum atomic E-state index is 6.13. The third-order valence-corrected chi connectivity index (χ3v) is 3.94. The Morgan fingerprint density at radius 1 is 0.760 bits per heavy atom. The van der Waals surface area contributed by atoms with Crippen LogP contribution in [0.15, 0.2) is 89.3 Å². The molecule has 4 aromatic rings. The number of aromatic nitrogens is 2. The van der Waals surface area contributed by atoms with Crippen LogP contribution in [0, 0.1) is 0 Å². The van der Waals surface area contributed by atoms with Crippen LogP contribution in [0.3, 0.4) is 0 Å². The van der Waals surface area contributed by atoms with Gasteiger partial charge in [-0.1, -0.05) is 36.4 Å². The fourth-order valence-corrected chi connectivity index (χ4v) is 2.65. The number of hydrogen-bond donors (Lipinski definition) is 0. The van der Waals surface area contributed by atoms with Crippen molar-refractivity contribution in [3.63, 3.8) is 0 Å². The SMILES string of the molecule is COc1ccc(-c2oc(-c3ccccc3)n[n+]2-c2ccccc2)cc1. The van der Waals surface area contributed by atoms with Gasteiger partial charge in [-0.25, -0.2) is 0 Å². The van der Waals surface area contributed by atoms with Crippen LogP contribution in [-0.2, 0) is 0 Å². The van der Waals surface area contributed by atoms with Crippen LogP contribution in [0.5, 0.6) is 5.75 Å². The van der Waals surface area contributed by atoms with Crippen molar-refractivity contribution in [2.24, 2.45) is 0 Å². The van der Waals surface area contributed by atoms with E-state index in [4.69, 9.17) is 9.15 Å². The summed E-state index contributed by atoms with van der Waals surface area (Å²) in [5.41, 5.74) is 2.81. The quantitative estimate of drug-likeness (QED) is 0.524. The Labute approximate surface area is 145 Å². The smallest absolute Gasteiger partial charge is 0.414 e. The fourth-order valence-electron chi connectivity index (χ4n) is 2.65. The zero-order chi connectivity index (χ0) is 17.1. The number of rotatable bonds is 4. The Morgan fingerprint density at radius 2 is 1.40 bits per heavy atom. The Morgan fingerprint density at radius 3 is 2.04 bits per heavy atom. The number of hydrogen-bond acceptors (Lipinski definition) is 3. The van der Waals surface area contributed by atoms with Gasteiger partial charge in [0.15, 0.2) is 0 Å². The Kier molecular flexibility index (Phi) is 4.01. The van der Waals surface area contributed by atoms with Crippen molar-refractivity contribution in [1.29, 1.82) is 0 Å². The van der Waals surface area contributed by atoms with E-state index in [1.54, 1.807) is 7.11 Å². The van der Waals surface area contributed by atoms with E-state index in [-0.39, 0.29) is 0 Å².